The highest BCUT2D eigenvalue weighted by Crippen LogP contribution is 2.28. The van der Waals surface area contributed by atoms with Gasteiger partial charge in [0.15, 0.2) is 0 Å². The number of rotatable bonds is 5. The first-order valence-corrected chi connectivity index (χ1v) is 7.97. The van der Waals surface area contributed by atoms with Gasteiger partial charge in [0.2, 0.25) is 0 Å². The quantitative estimate of drug-likeness (QED) is 0.866. The van der Waals surface area contributed by atoms with Crippen LogP contribution in [0.25, 0.3) is 0 Å². The fraction of sp³-hybridized carbons (Fsp3) is 0.562. The monoisotopic (exact) mass is 325 g/mol. The fourth-order valence-corrected chi connectivity index (χ4v) is 3.07. The van der Waals surface area contributed by atoms with E-state index in [9.17, 15) is 13.6 Å². The zero-order valence-electron chi connectivity index (χ0n) is 12.8. The van der Waals surface area contributed by atoms with Crippen LogP contribution in [0.2, 0.25) is 0 Å². The van der Waals surface area contributed by atoms with E-state index in [1.165, 1.54) is 18.2 Å². The van der Waals surface area contributed by atoms with Crippen molar-refractivity contribution in [1.29, 1.82) is 0 Å². The van der Waals surface area contributed by atoms with E-state index in [-0.39, 0.29) is 30.4 Å². The van der Waals surface area contributed by atoms with Gasteiger partial charge in [-0.1, -0.05) is 6.07 Å². The lowest BCUT2D eigenvalue weighted by molar-refractivity contribution is 0.171. The molecule has 1 saturated carbocycles. The number of hydrogen-bond donors (Lipinski definition) is 2. The molecule has 2 amide bonds. The molecule has 2 fully saturated rings. The number of anilines is 1. The number of aliphatic hydroxyl groups excluding tert-OH is 1. The van der Waals surface area contributed by atoms with Gasteiger partial charge in [-0.05, 0) is 31.4 Å². The van der Waals surface area contributed by atoms with Crippen molar-refractivity contribution < 1.29 is 18.7 Å². The molecule has 2 aliphatic rings. The standard InChI is InChI=1S/C16H21F2N3O2/c17-13-2-1-3-14(18)15(13)20-7-6-11(10-20)19-16(23)21(8-9-22)12-4-5-12/h1-3,11-12,22H,4-10H2,(H,19,23). The van der Waals surface area contributed by atoms with Gasteiger partial charge in [-0.3, -0.25) is 0 Å². The molecule has 0 radical (unpaired) electrons. The van der Waals surface area contributed by atoms with Gasteiger partial charge >= 0.3 is 6.03 Å². The maximum atomic E-state index is 13.8. The zero-order chi connectivity index (χ0) is 16.4. The van der Waals surface area contributed by atoms with Crippen LogP contribution in [0.5, 0.6) is 0 Å². The van der Waals surface area contributed by atoms with Gasteiger partial charge in [-0.15, -0.1) is 0 Å². The van der Waals surface area contributed by atoms with E-state index in [0.29, 0.717) is 26.1 Å². The molecule has 1 aromatic rings. The maximum absolute atomic E-state index is 13.8. The minimum atomic E-state index is -0.586. The van der Waals surface area contributed by atoms with Crippen molar-refractivity contribution in [3.63, 3.8) is 0 Å². The van der Waals surface area contributed by atoms with E-state index in [1.54, 1.807) is 9.80 Å². The molecule has 0 bridgehead atoms. The summed E-state index contributed by atoms with van der Waals surface area (Å²) in [4.78, 5) is 15.6. The number of nitrogens with zero attached hydrogens (tertiary/aromatic N) is 2. The Morgan fingerprint density at radius 3 is 2.61 bits per heavy atom. The summed E-state index contributed by atoms with van der Waals surface area (Å²) in [6.07, 6.45) is 2.56. The lowest BCUT2D eigenvalue weighted by Gasteiger charge is -2.25. The van der Waals surface area contributed by atoms with Crippen LogP contribution in [0, 0.1) is 11.6 Å². The molecule has 2 N–H and O–H groups in total. The number of nitrogens with one attached hydrogen (secondary N) is 1. The van der Waals surface area contributed by atoms with Crippen molar-refractivity contribution >= 4 is 11.7 Å². The van der Waals surface area contributed by atoms with Gasteiger partial charge < -0.3 is 20.2 Å². The summed E-state index contributed by atoms with van der Waals surface area (Å²) in [5, 5.41) is 12.0. The Kier molecular flexibility index (Phi) is 4.66. The molecule has 5 nitrogen and oxygen atoms in total. The highest BCUT2D eigenvalue weighted by atomic mass is 19.1. The normalized spacial score (nSPS) is 20.7. The first-order chi connectivity index (χ1) is 11.1. The third-order valence-electron chi connectivity index (χ3n) is 4.36. The molecular weight excluding hydrogens is 304 g/mol. The highest BCUT2D eigenvalue weighted by molar-refractivity contribution is 5.75. The SMILES string of the molecule is O=C(NC1CCN(c2c(F)cccc2F)C1)N(CCO)C1CC1. The number of carbonyl (C=O) groups is 1. The number of hydrogen-bond acceptors (Lipinski definition) is 3. The molecular formula is C16H21F2N3O2. The van der Waals surface area contributed by atoms with E-state index in [0.717, 1.165) is 12.8 Å². The van der Waals surface area contributed by atoms with E-state index in [4.69, 9.17) is 5.11 Å². The first-order valence-electron chi connectivity index (χ1n) is 7.97. The number of benzene rings is 1. The average molecular weight is 325 g/mol. The summed E-state index contributed by atoms with van der Waals surface area (Å²) in [6, 6.07) is 3.67. The van der Waals surface area contributed by atoms with E-state index in [1.807, 2.05) is 0 Å². The number of urea groups is 1. The third-order valence-corrected chi connectivity index (χ3v) is 4.36. The Labute approximate surface area is 133 Å². The van der Waals surface area contributed by atoms with Crippen LogP contribution in [0.3, 0.4) is 0 Å². The Hall–Kier alpha value is -1.89. The van der Waals surface area contributed by atoms with Crippen molar-refractivity contribution in [3.8, 4) is 0 Å². The number of carbonyl (C=O) groups excluding carboxylic acids is 1. The van der Waals surface area contributed by atoms with Crippen LogP contribution in [-0.4, -0.2) is 54.4 Å². The summed E-state index contributed by atoms with van der Waals surface area (Å²) < 4.78 is 27.7. The molecule has 23 heavy (non-hydrogen) atoms. The minimum Gasteiger partial charge on any atom is -0.395 e. The van der Waals surface area contributed by atoms with E-state index < -0.39 is 11.6 Å². The summed E-state index contributed by atoms with van der Waals surface area (Å²) >= 11 is 0. The van der Waals surface area contributed by atoms with Gasteiger partial charge in [0.25, 0.3) is 0 Å². The molecule has 1 unspecified atom stereocenters. The second kappa shape index (κ2) is 6.70. The van der Waals surface area contributed by atoms with Crippen LogP contribution in [0.15, 0.2) is 18.2 Å². The molecule has 1 heterocycles. The fourth-order valence-electron chi connectivity index (χ4n) is 3.07. The molecule has 1 saturated heterocycles. The molecule has 1 aliphatic carbocycles. The Bertz CT molecular complexity index is 560. The summed E-state index contributed by atoms with van der Waals surface area (Å²) in [5.41, 5.74) is -0.0290. The smallest absolute Gasteiger partial charge is 0.318 e. The molecule has 1 aromatic carbocycles. The number of halogens is 2. The van der Waals surface area contributed by atoms with Gasteiger partial charge in [0.1, 0.15) is 17.3 Å². The van der Waals surface area contributed by atoms with E-state index in [2.05, 4.69) is 5.32 Å². The van der Waals surface area contributed by atoms with Crippen molar-refractivity contribution in [3.05, 3.63) is 29.8 Å². The predicted molar refractivity (Wildman–Crippen MR) is 82.3 cm³/mol. The van der Waals surface area contributed by atoms with Crippen molar-refractivity contribution in [2.24, 2.45) is 0 Å². The van der Waals surface area contributed by atoms with Gasteiger partial charge in [-0.2, -0.15) is 0 Å². The Morgan fingerprint density at radius 1 is 1.30 bits per heavy atom. The topological polar surface area (TPSA) is 55.8 Å². The zero-order valence-corrected chi connectivity index (χ0v) is 12.8. The lowest BCUT2D eigenvalue weighted by atomic mass is 10.2. The van der Waals surface area contributed by atoms with Crippen LogP contribution in [0.4, 0.5) is 19.3 Å². The van der Waals surface area contributed by atoms with Crippen LogP contribution in [0.1, 0.15) is 19.3 Å². The molecule has 1 atom stereocenters. The van der Waals surface area contributed by atoms with Crippen molar-refractivity contribution in [2.45, 2.75) is 31.3 Å². The number of aliphatic hydroxyl groups is 1. The minimum absolute atomic E-state index is 0.0290. The highest BCUT2D eigenvalue weighted by Gasteiger charge is 2.34. The molecule has 0 spiro atoms. The third kappa shape index (κ3) is 3.55. The van der Waals surface area contributed by atoms with Crippen LogP contribution < -0.4 is 10.2 Å². The Balaban J connectivity index is 1.60. The molecule has 7 heteroatoms. The maximum Gasteiger partial charge on any atom is 0.318 e. The van der Waals surface area contributed by atoms with Gasteiger partial charge in [0, 0.05) is 31.7 Å². The number of amides is 2. The van der Waals surface area contributed by atoms with Gasteiger partial charge in [-0.25, -0.2) is 13.6 Å². The van der Waals surface area contributed by atoms with E-state index >= 15 is 0 Å². The molecule has 3 rings (SSSR count). The predicted octanol–water partition coefficient (Wildman–Crippen LogP) is 1.71. The average Bonchev–Trinajstić information content (AvgIpc) is 3.25. The van der Waals surface area contributed by atoms with Gasteiger partial charge in [0.05, 0.1) is 6.61 Å². The Morgan fingerprint density at radius 2 is 2.00 bits per heavy atom. The summed E-state index contributed by atoms with van der Waals surface area (Å²) in [5.74, 6) is -1.17. The second-order valence-corrected chi connectivity index (χ2v) is 6.10. The molecule has 0 aromatic heterocycles. The summed E-state index contributed by atoms with van der Waals surface area (Å²) in [6.45, 7) is 1.11. The largest absolute Gasteiger partial charge is 0.395 e. The lowest BCUT2D eigenvalue weighted by Crippen LogP contribution is -2.47. The number of para-hydroxylation sites is 1. The summed E-state index contributed by atoms with van der Waals surface area (Å²) in [7, 11) is 0. The van der Waals surface area contributed by atoms with Crippen LogP contribution >= 0.6 is 0 Å². The molecule has 1 aliphatic heterocycles. The van der Waals surface area contributed by atoms with Crippen LogP contribution in [-0.2, 0) is 0 Å². The van der Waals surface area contributed by atoms with Crippen molar-refractivity contribution in [2.75, 3.05) is 31.1 Å². The first kappa shape index (κ1) is 16.0. The van der Waals surface area contributed by atoms with Crippen molar-refractivity contribution in [1.82, 2.24) is 10.2 Å². The molecule has 126 valence electrons. The second-order valence-electron chi connectivity index (χ2n) is 6.10.